The highest BCUT2D eigenvalue weighted by atomic mass is 16.5. The van der Waals surface area contributed by atoms with Crippen molar-refractivity contribution in [2.75, 3.05) is 0 Å². The lowest BCUT2D eigenvalue weighted by Gasteiger charge is -2.06. The summed E-state index contributed by atoms with van der Waals surface area (Å²) in [6.07, 6.45) is 3.26. The minimum atomic E-state index is -0.389. The normalized spacial score (nSPS) is 9.71. The zero-order valence-electron chi connectivity index (χ0n) is 9.21. The number of aromatic nitrogens is 1. The largest absolute Gasteiger partial charge is 0.456 e. The van der Waals surface area contributed by atoms with Gasteiger partial charge in [-0.25, -0.2) is 0 Å². The van der Waals surface area contributed by atoms with E-state index in [1.807, 2.05) is 0 Å². The van der Waals surface area contributed by atoms with Gasteiger partial charge in [-0.15, -0.1) is 0 Å². The van der Waals surface area contributed by atoms with Gasteiger partial charge in [0.1, 0.15) is 17.2 Å². The van der Waals surface area contributed by atoms with Gasteiger partial charge < -0.3 is 9.47 Å². The molecule has 0 atom stereocenters. The molecule has 2 rings (SSSR count). The molecule has 0 saturated carbocycles. The van der Waals surface area contributed by atoms with Gasteiger partial charge in [0.25, 0.3) is 0 Å². The van der Waals surface area contributed by atoms with Crippen LogP contribution >= 0.6 is 0 Å². The van der Waals surface area contributed by atoms with Gasteiger partial charge in [-0.3, -0.25) is 9.78 Å². The molecule has 0 spiro atoms. The minimum Gasteiger partial charge on any atom is -0.456 e. The number of carbonyl (C=O) groups excluding carboxylic acids is 1. The van der Waals surface area contributed by atoms with Crippen molar-refractivity contribution in [1.29, 1.82) is 0 Å². The van der Waals surface area contributed by atoms with E-state index in [0.717, 1.165) is 0 Å². The summed E-state index contributed by atoms with van der Waals surface area (Å²) < 4.78 is 10.4. The molecule has 17 heavy (non-hydrogen) atoms. The van der Waals surface area contributed by atoms with E-state index in [9.17, 15) is 4.79 Å². The Balaban J connectivity index is 2.14. The molecular weight excluding hydrogens is 218 g/mol. The zero-order chi connectivity index (χ0) is 12.1. The van der Waals surface area contributed by atoms with Crippen LogP contribution in [-0.4, -0.2) is 11.0 Å². The lowest BCUT2D eigenvalue weighted by Crippen LogP contribution is -2.01. The Bertz CT molecular complexity index is 511. The number of benzene rings is 1. The van der Waals surface area contributed by atoms with E-state index >= 15 is 0 Å². The molecule has 4 nitrogen and oxygen atoms in total. The predicted molar refractivity (Wildman–Crippen MR) is 60.9 cm³/mol. The molecule has 85 valence electrons. The van der Waals surface area contributed by atoms with Gasteiger partial charge >= 0.3 is 5.97 Å². The van der Waals surface area contributed by atoms with Crippen LogP contribution in [0.2, 0.25) is 0 Å². The first kappa shape index (κ1) is 11.1. The predicted octanol–water partition coefficient (Wildman–Crippen LogP) is 2.60. The number of nitrogens with zero attached hydrogens (tertiary/aromatic N) is 1. The first-order chi connectivity index (χ1) is 8.24. The van der Waals surface area contributed by atoms with E-state index in [0.29, 0.717) is 17.2 Å². The van der Waals surface area contributed by atoms with Gasteiger partial charge in [0, 0.05) is 25.3 Å². The molecule has 0 unspecified atom stereocenters. The van der Waals surface area contributed by atoms with Crippen LogP contribution in [0.5, 0.6) is 17.2 Å². The summed E-state index contributed by atoms with van der Waals surface area (Å²) in [6, 6.07) is 11.3. The van der Waals surface area contributed by atoms with Crippen LogP contribution < -0.4 is 9.47 Å². The molecule has 1 aromatic heterocycles. The second kappa shape index (κ2) is 5.12. The molecule has 0 bridgehead atoms. The summed E-state index contributed by atoms with van der Waals surface area (Å²) >= 11 is 0. The summed E-state index contributed by atoms with van der Waals surface area (Å²) in [6.45, 7) is 1.34. The van der Waals surface area contributed by atoms with Crippen LogP contribution in [0.4, 0.5) is 0 Å². The average molecular weight is 228 g/mol. The summed E-state index contributed by atoms with van der Waals surface area (Å²) in [4.78, 5) is 14.7. The summed E-state index contributed by atoms with van der Waals surface area (Å²) in [7, 11) is 0. The van der Waals surface area contributed by atoms with E-state index in [2.05, 4.69) is 11.1 Å². The number of hydrogen-bond acceptors (Lipinski definition) is 4. The maximum Gasteiger partial charge on any atom is 0.308 e. The highest BCUT2D eigenvalue weighted by Crippen LogP contribution is 2.24. The van der Waals surface area contributed by atoms with Crippen molar-refractivity contribution in [1.82, 2.24) is 4.98 Å². The Hall–Kier alpha value is -2.36. The zero-order valence-corrected chi connectivity index (χ0v) is 9.21. The number of carbonyl (C=O) groups is 1. The van der Waals surface area contributed by atoms with Gasteiger partial charge in [-0.05, 0) is 24.3 Å². The van der Waals surface area contributed by atoms with Gasteiger partial charge in [0.2, 0.25) is 0 Å². The fourth-order valence-electron chi connectivity index (χ4n) is 1.25. The summed E-state index contributed by atoms with van der Waals surface area (Å²) in [5.74, 6) is 1.12. The molecule has 0 aliphatic carbocycles. The molecule has 4 heteroatoms. The van der Waals surface area contributed by atoms with Crippen LogP contribution in [0.25, 0.3) is 0 Å². The van der Waals surface area contributed by atoms with Crippen LogP contribution in [0.1, 0.15) is 6.92 Å². The third-order valence-electron chi connectivity index (χ3n) is 1.87. The monoisotopic (exact) mass is 228 g/mol. The fraction of sp³-hybridized carbons (Fsp3) is 0.0769. The van der Waals surface area contributed by atoms with Crippen LogP contribution in [0.15, 0.2) is 42.7 Å². The third-order valence-corrected chi connectivity index (χ3v) is 1.87. The summed E-state index contributed by atoms with van der Waals surface area (Å²) in [5, 5.41) is 0. The quantitative estimate of drug-likeness (QED) is 0.598. The second-order valence-electron chi connectivity index (χ2n) is 3.27. The van der Waals surface area contributed by atoms with Gasteiger partial charge in [0.15, 0.2) is 0 Å². The van der Waals surface area contributed by atoms with Crippen molar-refractivity contribution in [2.45, 2.75) is 6.92 Å². The SMILES string of the molecule is CC(=O)Oc1[c]ccc(Oc2cccnc2)c1. The number of pyridine rings is 1. The standard InChI is InChI=1S/C13H10NO3/c1-10(15)16-11-4-2-5-12(8-11)17-13-6-3-7-14-9-13/h2-3,5-9H,1H3. The fourth-order valence-corrected chi connectivity index (χ4v) is 1.25. The van der Waals surface area contributed by atoms with E-state index < -0.39 is 0 Å². The lowest BCUT2D eigenvalue weighted by molar-refractivity contribution is -0.131. The molecule has 1 aromatic carbocycles. The molecule has 0 aliphatic rings. The Labute approximate surface area is 98.8 Å². The van der Waals surface area contributed by atoms with Crippen molar-refractivity contribution >= 4 is 5.97 Å². The van der Waals surface area contributed by atoms with E-state index in [1.165, 1.54) is 6.92 Å². The minimum absolute atomic E-state index is 0.332. The molecule has 0 amide bonds. The summed E-state index contributed by atoms with van der Waals surface area (Å²) in [5.41, 5.74) is 0. The Morgan fingerprint density at radius 2 is 2.24 bits per heavy atom. The maximum atomic E-state index is 10.8. The van der Waals surface area contributed by atoms with Crippen LogP contribution in [0, 0.1) is 6.07 Å². The third kappa shape index (κ3) is 3.31. The van der Waals surface area contributed by atoms with Crippen molar-refractivity contribution in [3.63, 3.8) is 0 Å². The van der Waals surface area contributed by atoms with Crippen molar-refractivity contribution < 1.29 is 14.3 Å². The maximum absolute atomic E-state index is 10.8. The van der Waals surface area contributed by atoms with Gasteiger partial charge in [-0.2, -0.15) is 0 Å². The highest BCUT2D eigenvalue weighted by molar-refractivity contribution is 5.69. The number of rotatable bonds is 3. The molecule has 0 fully saturated rings. The van der Waals surface area contributed by atoms with Crippen molar-refractivity contribution in [2.24, 2.45) is 0 Å². The molecule has 1 radical (unpaired) electrons. The molecule has 0 N–H and O–H groups in total. The number of esters is 1. The van der Waals surface area contributed by atoms with Crippen molar-refractivity contribution in [3.8, 4) is 17.2 Å². The Morgan fingerprint density at radius 3 is 2.94 bits per heavy atom. The first-order valence-corrected chi connectivity index (χ1v) is 5.02. The van der Waals surface area contributed by atoms with E-state index in [4.69, 9.17) is 9.47 Å². The molecule has 1 heterocycles. The van der Waals surface area contributed by atoms with Gasteiger partial charge in [0.05, 0.1) is 6.20 Å². The lowest BCUT2D eigenvalue weighted by atomic mass is 10.3. The highest BCUT2D eigenvalue weighted by Gasteiger charge is 2.02. The van der Waals surface area contributed by atoms with E-state index in [-0.39, 0.29) is 5.97 Å². The van der Waals surface area contributed by atoms with E-state index in [1.54, 1.807) is 42.7 Å². The van der Waals surface area contributed by atoms with Crippen molar-refractivity contribution in [3.05, 3.63) is 48.8 Å². The Kier molecular flexibility index (Phi) is 3.35. The number of hydrogen-bond donors (Lipinski definition) is 0. The Morgan fingerprint density at radius 1 is 1.35 bits per heavy atom. The van der Waals surface area contributed by atoms with Crippen LogP contribution in [0.3, 0.4) is 0 Å². The molecular formula is C13H10NO3. The molecule has 0 aliphatic heterocycles. The second-order valence-corrected chi connectivity index (χ2v) is 3.27. The first-order valence-electron chi connectivity index (χ1n) is 5.02. The average Bonchev–Trinajstić information content (AvgIpc) is 2.30. The smallest absolute Gasteiger partial charge is 0.308 e. The number of ether oxygens (including phenoxy) is 2. The molecule has 0 saturated heterocycles. The van der Waals surface area contributed by atoms with Gasteiger partial charge in [-0.1, -0.05) is 0 Å². The topological polar surface area (TPSA) is 48.4 Å². The molecule has 2 aromatic rings. The van der Waals surface area contributed by atoms with Crippen LogP contribution in [-0.2, 0) is 4.79 Å².